The van der Waals surface area contributed by atoms with Crippen LogP contribution in [0.2, 0.25) is 0 Å². The van der Waals surface area contributed by atoms with E-state index in [4.69, 9.17) is 4.74 Å². The van der Waals surface area contributed by atoms with Crippen LogP contribution in [-0.4, -0.2) is 43.0 Å². The minimum atomic E-state index is -2.89. The number of aromatic nitrogens is 2. The molecule has 0 aliphatic rings. The Balaban J connectivity index is 0.00000420. The average Bonchev–Trinajstić information content (AvgIpc) is 3.08. The topological polar surface area (TPSA) is 83.6 Å². The van der Waals surface area contributed by atoms with Gasteiger partial charge in [0.2, 0.25) is 0 Å². The third-order valence-corrected chi connectivity index (χ3v) is 4.09. The normalized spacial score (nSPS) is 11.2. The number of alkyl halides is 2. The van der Waals surface area contributed by atoms with Gasteiger partial charge in [-0.05, 0) is 50.5 Å². The van der Waals surface area contributed by atoms with Crippen LogP contribution in [0.4, 0.5) is 8.78 Å². The lowest BCUT2D eigenvalue weighted by molar-refractivity contribution is -0.0504. The van der Waals surface area contributed by atoms with Crippen LogP contribution in [-0.2, 0) is 13.0 Å². The molecule has 10 heteroatoms. The molecule has 0 fully saturated rings. The molecule has 0 spiro atoms. The van der Waals surface area contributed by atoms with Gasteiger partial charge in [-0.1, -0.05) is 0 Å². The van der Waals surface area contributed by atoms with E-state index >= 15 is 0 Å². The zero-order chi connectivity index (χ0) is 20.4. The lowest BCUT2D eigenvalue weighted by Crippen LogP contribution is -2.37. The van der Waals surface area contributed by atoms with Crippen LogP contribution in [0.25, 0.3) is 0 Å². The summed E-state index contributed by atoms with van der Waals surface area (Å²) in [5.74, 6) is 1.25. The van der Waals surface area contributed by atoms with Crippen molar-refractivity contribution < 1.29 is 18.3 Å². The number of ether oxygens (including phenoxy) is 2. The first-order chi connectivity index (χ1) is 13.5. The standard InChI is InChI=1S/C19H27F2N5O2.HI/c1-4-22-19(23-9-5-6-14-12-25-26-13(14)2)24-11-15-10-16(27-3)7-8-17(15)28-18(20)21;/h7-8,10,12,18H,4-6,9,11H2,1-3H3,(H,25,26)(H2,22,23,24);1H. The maximum atomic E-state index is 12.6. The van der Waals surface area contributed by atoms with E-state index in [2.05, 4.69) is 30.6 Å². The first kappa shape index (κ1) is 24.9. The predicted octanol–water partition coefficient (Wildman–Crippen LogP) is 3.63. The molecule has 0 bridgehead atoms. The Morgan fingerprint density at radius 3 is 2.69 bits per heavy atom. The third kappa shape index (κ3) is 8.42. The Bertz CT molecular complexity index is 771. The molecule has 2 rings (SSSR count). The number of aromatic amines is 1. The van der Waals surface area contributed by atoms with Crippen molar-refractivity contribution in [3.63, 3.8) is 0 Å². The molecule has 0 atom stereocenters. The molecular weight excluding hydrogens is 495 g/mol. The molecular formula is C19H28F2IN5O2. The van der Waals surface area contributed by atoms with Crippen LogP contribution in [0.3, 0.4) is 0 Å². The number of hydrogen-bond donors (Lipinski definition) is 3. The molecule has 0 radical (unpaired) electrons. The second-order valence-corrected chi connectivity index (χ2v) is 6.10. The Morgan fingerprint density at radius 1 is 1.28 bits per heavy atom. The molecule has 2 aromatic rings. The molecule has 1 heterocycles. The van der Waals surface area contributed by atoms with Crippen molar-refractivity contribution in [3.8, 4) is 11.5 Å². The molecule has 0 amide bonds. The fourth-order valence-electron chi connectivity index (χ4n) is 2.64. The number of nitrogens with zero attached hydrogens (tertiary/aromatic N) is 2. The predicted molar refractivity (Wildman–Crippen MR) is 120 cm³/mol. The number of aryl methyl sites for hydroxylation is 2. The highest BCUT2D eigenvalue weighted by Gasteiger charge is 2.11. The fraction of sp³-hybridized carbons (Fsp3) is 0.474. The smallest absolute Gasteiger partial charge is 0.387 e. The SMILES string of the molecule is CCNC(=NCc1cc(OC)ccc1OC(F)F)NCCCc1cn[nH]c1C.I. The van der Waals surface area contributed by atoms with E-state index in [9.17, 15) is 8.78 Å². The Kier molecular flexibility index (Phi) is 11.3. The minimum absolute atomic E-state index is 0. The summed E-state index contributed by atoms with van der Waals surface area (Å²) in [6, 6.07) is 4.68. The second-order valence-electron chi connectivity index (χ2n) is 6.10. The van der Waals surface area contributed by atoms with Gasteiger partial charge in [0.05, 0.1) is 19.9 Å². The van der Waals surface area contributed by atoms with Crippen molar-refractivity contribution in [2.75, 3.05) is 20.2 Å². The monoisotopic (exact) mass is 523 g/mol. The largest absolute Gasteiger partial charge is 0.497 e. The molecule has 1 aromatic carbocycles. The lowest BCUT2D eigenvalue weighted by Gasteiger charge is -2.13. The summed E-state index contributed by atoms with van der Waals surface area (Å²) in [7, 11) is 1.52. The number of rotatable bonds is 10. The summed E-state index contributed by atoms with van der Waals surface area (Å²) < 4.78 is 35.0. The zero-order valence-electron chi connectivity index (χ0n) is 16.8. The Morgan fingerprint density at radius 2 is 2.07 bits per heavy atom. The van der Waals surface area contributed by atoms with Crippen molar-refractivity contribution in [2.45, 2.75) is 39.8 Å². The molecule has 1 aromatic heterocycles. The molecule has 29 heavy (non-hydrogen) atoms. The van der Waals surface area contributed by atoms with Crippen LogP contribution < -0.4 is 20.1 Å². The highest BCUT2D eigenvalue weighted by Crippen LogP contribution is 2.26. The number of aliphatic imine (C=N–C) groups is 1. The van der Waals surface area contributed by atoms with Crippen molar-refractivity contribution in [1.29, 1.82) is 0 Å². The van der Waals surface area contributed by atoms with Crippen molar-refractivity contribution in [3.05, 3.63) is 41.2 Å². The Labute approximate surface area is 186 Å². The third-order valence-electron chi connectivity index (χ3n) is 4.09. The van der Waals surface area contributed by atoms with E-state index in [0.717, 1.165) is 25.1 Å². The van der Waals surface area contributed by atoms with Crippen LogP contribution in [0.1, 0.15) is 30.2 Å². The molecule has 0 aliphatic heterocycles. The summed E-state index contributed by atoms with van der Waals surface area (Å²) in [6.45, 7) is 2.64. The first-order valence-electron chi connectivity index (χ1n) is 9.16. The highest BCUT2D eigenvalue weighted by molar-refractivity contribution is 14.0. The Hall–Kier alpha value is -2.11. The van der Waals surface area contributed by atoms with Crippen LogP contribution >= 0.6 is 24.0 Å². The summed E-state index contributed by atoms with van der Waals surface area (Å²) in [5.41, 5.74) is 2.78. The van der Waals surface area contributed by atoms with Crippen molar-refractivity contribution in [2.24, 2.45) is 4.99 Å². The minimum Gasteiger partial charge on any atom is -0.497 e. The number of H-pyrrole nitrogens is 1. The van der Waals surface area contributed by atoms with Crippen molar-refractivity contribution >= 4 is 29.9 Å². The number of guanidine groups is 1. The van der Waals surface area contributed by atoms with E-state index in [1.54, 1.807) is 12.1 Å². The van der Waals surface area contributed by atoms with Crippen LogP contribution in [0.15, 0.2) is 29.4 Å². The number of hydrogen-bond acceptors (Lipinski definition) is 4. The van der Waals surface area contributed by atoms with E-state index in [0.29, 0.717) is 23.8 Å². The van der Waals surface area contributed by atoms with Gasteiger partial charge in [0, 0.05) is 24.3 Å². The van der Waals surface area contributed by atoms with Gasteiger partial charge in [-0.2, -0.15) is 13.9 Å². The molecule has 7 nitrogen and oxygen atoms in total. The van der Waals surface area contributed by atoms with E-state index in [1.165, 1.54) is 18.7 Å². The van der Waals surface area contributed by atoms with Gasteiger partial charge in [-0.3, -0.25) is 5.10 Å². The number of benzene rings is 1. The van der Waals surface area contributed by atoms with Gasteiger partial charge in [-0.25, -0.2) is 4.99 Å². The van der Waals surface area contributed by atoms with Gasteiger partial charge in [-0.15, -0.1) is 24.0 Å². The van der Waals surface area contributed by atoms with Gasteiger partial charge < -0.3 is 20.1 Å². The summed E-state index contributed by atoms with van der Waals surface area (Å²) in [4.78, 5) is 4.47. The molecule has 162 valence electrons. The quantitative estimate of drug-likeness (QED) is 0.192. The molecule has 0 saturated heterocycles. The maximum absolute atomic E-state index is 12.6. The molecule has 3 N–H and O–H groups in total. The maximum Gasteiger partial charge on any atom is 0.387 e. The van der Waals surface area contributed by atoms with E-state index in [-0.39, 0.29) is 36.3 Å². The summed E-state index contributed by atoms with van der Waals surface area (Å²) in [6.07, 6.45) is 3.64. The lowest BCUT2D eigenvalue weighted by atomic mass is 10.1. The first-order valence-corrected chi connectivity index (χ1v) is 9.16. The van der Waals surface area contributed by atoms with E-state index in [1.807, 2.05) is 20.0 Å². The van der Waals surface area contributed by atoms with Crippen molar-refractivity contribution in [1.82, 2.24) is 20.8 Å². The average molecular weight is 523 g/mol. The molecule has 0 aliphatic carbocycles. The van der Waals surface area contributed by atoms with Crippen LogP contribution in [0, 0.1) is 6.92 Å². The van der Waals surface area contributed by atoms with E-state index < -0.39 is 6.61 Å². The summed E-state index contributed by atoms with van der Waals surface area (Å²) >= 11 is 0. The molecule has 0 saturated carbocycles. The number of nitrogens with one attached hydrogen (secondary N) is 3. The van der Waals surface area contributed by atoms with Gasteiger partial charge in [0.15, 0.2) is 5.96 Å². The second kappa shape index (κ2) is 13.2. The van der Waals surface area contributed by atoms with Gasteiger partial charge >= 0.3 is 6.61 Å². The number of methoxy groups -OCH3 is 1. The summed E-state index contributed by atoms with van der Waals surface area (Å²) in [5, 5.41) is 13.3. The van der Waals surface area contributed by atoms with Crippen LogP contribution in [0.5, 0.6) is 11.5 Å². The zero-order valence-corrected chi connectivity index (χ0v) is 19.1. The van der Waals surface area contributed by atoms with Gasteiger partial charge in [0.1, 0.15) is 11.5 Å². The van der Waals surface area contributed by atoms with Gasteiger partial charge in [0.25, 0.3) is 0 Å². The molecule has 0 unspecified atom stereocenters. The number of halogens is 3. The fourth-order valence-corrected chi connectivity index (χ4v) is 2.64. The highest BCUT2D eigenvalue weighted by atomic mass is 127.